The second kappa shape index (κ2) is 6.41. The van der Waals surface area contributed by atoms with Crippen LogP contribution in [0, 0.1) is 0 Å². The molecule has 0 radical (unpaired) electrons. The molecule has 0 atom stereocenters. The summed E-state index contributed by atoms with van der Waals surface area (Å²) in [5.41, 5.74) is 0.974. The van der Waals surface area contributed by atoms with E-state index < -0.39 is 35.5 Å². The lowest BCUT2D eigenvalue weighted by Crippen LogP contribution is -2.32. The van der Waals surface area contributed by atoms with Gasteiger partial charge >= 0.3 is 5.97 Å². The zero-order valence-electron chi connectivity index (χ0n) is 12.7. The van der Waals surface area contributed by atoms with Crippen LogP contribution in [0.2, 0.25) is 5.02 Å². The van der Waals surface area contributed by atoms with E-state index in [1.54, 1.807) is 36.4 Å². The van der Waals surface area contributed by atoms with Crippen LogP contribution in [0.25, 0.3) is 16.9 Å². The number of fused-ring (bicyclic) bond motifs is 1. The van der Waals surface area contributed by atoms with E-state index in [1.165, 1.54) is 6.07 Å². The Balaban J connectivity index is 2.07. The van der Waals surface area contributed by atoms with Gasteiger partial charge < -0.3 is 15.5 Å². The molecule has 0 unspecified atom stereocenters. The van der Waals surface area contributed by atoms with Gasteiger partial charge in [0.1, 0.15) is 17.9 Å². The fraction of sp³-hybridized carbons (Fsp3) is 0.0556. The maximum atomic E-state index is 12.7. The van der Waals surface area contributed by atoms with Gasteiger partial charge in [-0.1, -0.05) is 48.0 Å². The second-order valence-corrected chi connectivity index (χ2v) is 5.74. The number of carbonyl (C=O) groups excluding carboxylic acids is 2. The number of nitrogens with one attached hydrogen (secondary N) is 1. The van der Waals surface area contributed by atoms with Crippen molar-refractivity contribution in [1.82, 2.24) is 5.32 Å². The topological polar surface area (TPSA) is 104 Å². The fourth-order valence-electron chi connectivity index (χ4n) is 2.72. The minimum atomic E-state index is -1.26. The number of carboxylic acids is 1. The summed E-state index contributed by atoms with van der Waals surface area (Å²) in [4.78, 5) is 35.4. The lowest BCUT2D eigenvalue weighted by atomic mass is 9.95. The summed E-state index contributed by atoms with van der Waals surface area (Å²) in [6, 6.07) is 11.7. The molecule has 25 heavy (non-hydrogen) atoms. The van der Waals surface area contributed by atoms with E-state index in [9.17, 15) is 19.5 Å². The highest BCUT2D eigenvalue weighted by Gasteiger charge is 2.36. The number of carbonyl (C=O) groups is 3. The molecule has 3 rings (SSSR count). The number of aliphatic carboxylic acids is 1. The number of carboxylic acid groups (broad SMARTS) is 1. The molecule has 6 nitrogen and oxygen atoms in total. The number of hydrogen-bond acceptors (Lipinski definition) is 4. The zero-order chi connectivity index (χ0) is 18.1. The van der Waals surface area contributed by atoms with Crippen LogP contribution in [0.3, 0.4) is 0 Å². The third-order valence-corrected chi connectivity index (χ3v) is 4.13. The van der Waals surface area contributed by atoms with Gasteiger partial charge in [-0.3, -0.25) is 14.4 Å². The maximum Gasteiger partial charge on any atom is 0.322 e. The number of ketones is 1. The number of amides is 1. The Morgan fingerprint density at radius 1 is 1.00 bits per heavy atom. The van der Waals surface area contributed by atoms with Gasteiger partial charge in [-0.25, -0.2) is 0 Å². The van der Waals surface area contributed by atoms with Crippen molar-refractivity contribution in [3.8, 4) is 11.1 Å². The van der Waals surface area contributed by atoms with Crippen LogP contribution in [0.5, 0.6) is 0 Å². The predicted octanol–water partition coefficient (Wildman–Crippen LogP) is 2.67. The van der Waals surface area contributed by atoms with Crippen molar-refractivity contribution in [3.05, 3.63) is 64.2 Å². The molecule has 0 aliphatic heterocycles. The van der Waals surface area contributed by atoms with E-state index in [4.69, 9.17) is 16.7 Å². The fourth-order valence-corrected chi connectivity index (χ4v) is 2.96. The molecule has 0 heterocycles. The average molecular weight is 358 g/mol. The van der Waals surface area contributed by atoms with Crippen molar-refractivity contribution in [3.63, 3.8) is 0 Å². The van der Waals surface area contributed by atoms with Gasteiger partial charge in [-0.05, 0) is 11.6 Å². The van der Waals surface area contributed by atoms with Crippen LogP contribution in [0.1, 0.15) is 15.9 Å². The summed E-state index contributed by atoms with van der Waals surface area (Å²) < 4.78 is 0. The minimum absolute atomic E-state index is 0.161. The van der Waals surface area contributed by atoms with Crippen LogP contribution in [-0.4, -0.2) is 34.4 Å². The SMILES string of the molecule is O=C(O)CNC(=O)C1=C(O)c2cccc(-c3ccccc3Cl)c2C1=O. The Bertz CT molecular complexity index is 948. The zero-order valence-corrected chi connectivity index (χ0v) is 13.5. The minimum Gasteiger partial charge on any atom is -0.506 e. The summed E-state index contributed by atoms with van der Waals surface area (Å²) >= 11 is 6.20. The molecule has 3 N–H and O–H groups in total. The van der Waals surface area contributed by atoms with Crippen LogP contribution >= 0.6 is 11.6 Å². The molecule has 1 aliphatic rings. The average Bonchev–Trinajstić information content (AvgIpc) is 2.84. The first-order valence-corrected chi connectivity index (χ1v) is 7.66. The van der Waals surface area contributed by atoms with E-state index in [0.29, 0.717) is 16.1 Å². The molecule has 0 bridgehead atoms. The van der Waals surface area contributed by atoms with Gasteiger partial charge in [0.15, 0.2) is 0 Å². The quantitative estimate of drug-likeness (QED) is 0.730. The van der Waals surface area contributed by atoms with E-state index in [0.717, 1.165) is 0 Å². The molecule has 0 aromatic heterocycles. The van der Waals surface area contributed by atoms with Crippen molar-refractivity contribution in [2.45, 2.75) is 0 Å². The molecular formula is C18H12ClNO5. The maximum absolute atomic E-state index is 12.7. The Labute approximate surface area is 147 Å². The lowest BCUT2D eigenvalue weighted by molar-refractivity contribution is -0.137. The summed E-state index contributed by atoms with van der Waals surface area (Å²) in [7, 11) is 0. The number of rotatable bonds is 4. The van der Waals surface area contributed by atoms with Gasteiger partial charge in [0, 0.05) is 21.7 Å². The number of hydrogen-bond donors (Lipinski definition) is 3. The standard InChI is InChI=1S/C18H12ClNO5/c19-12-7-2-1-4-9(12)10-5-3-6-11-14(10)17(24)15(16(11)23)18(25)20-8-13(21)22/h1-7,23H,8H2,(H,20,25)(H,21,22). The van der Waals surface area contributed by atoms with E-state index >= 15 is 0 Å². The molecule has 2 aromatic rings. The third-order valence-electron chi connectivity index (χ3n) is 3.80. The summed E-state index contributed by atoms with van der Waals surface area (Å²) in [6.45, 7) is -0.656. The Morgan fingerprint density at radius 2 is 1.64 bits per heavy atom. The van der Waals surface area contributed by atoms with Crippen LogP contribution in [0.15, 0.2) is 48.0 Å². The molecular weight excluding hydrogens is 346 g/mol. The van der Waals surface area contributed by atoms with E-state index in [-0.39, 0.29) is 11.1 Å². The first kappa shape index (κ1) is 16.7. The molecule has 7 heteroatoms. The summed E-state index contributed by atoms with van der Waals surface area (Å²) in [5, 5.41) is 21.5. The molecule has 2 aromatic carbocycles. The lowest BCUT2D eigenvalue weighted by Gasteiger charge is -2.09. The van der Waals surface area contributed by atoms with E-state index in [2.05, 4.69) is 5.32 Å². The molecule has 0 saturated carbocycles. The normalized spacial score (nSPS) is 12.9. The summed E-state index contributed by atoms with van der Waals surface area (Å²) in [6.07, 6.45) is 0. The summed E-state index contributed by atoms with van der Waals surface area (Å²) in [5.74, 6) is -3.35. The van der Waals surface area contributed by atoms with Gasteiger partial charge in [0.2, 0.25) is 5.78 Å². The number of aliphatic hydroxyl groups is 1. The van der Waals surface area contributed by atoms with Crippen molar-refractivity contribution < 1.29 is 24.6 Å². The Kier molecular flexibility index (Phi) is 4.29. The van der Waals surface area contributed by atoms with Crippen molar-refractivity contribution in [2.75, 3.05) is 6.54 Å². The monoisotopic (exact) mass is 357 g/mol. The van der Waals surface area contributed by atoms with Crippen LogP contribution in [0.4, 0.5) is 0 Å². The number of halogens is 1. The molecule has 126 valence electrons. The molecule has 0 saturated heterocycles. The highest BCUT2D eigenvalue weighted by molar-refractivity contribution is 6.37. The smallest absolute Gasteiger partial charge is 0.322 e. The first-order chi connectivity index (χ1) is 11.9. The van der Waals surface area contributed by atoms with Gasteiger partial charge in [0.05, 0.1) is 0 Å². The number of Topliss-reactive ketones (excluding diaryl/α,β-unsaturated/α-hetero) is 1. The molecule has 0 fully saturated rings. The molecule has 1 aliphatic carbocycles. The number of benzene rings is 2. The predicted molar refractivity (Wildman–Crippen MR) is 91.4 cm³/mol. The Hall–Kier alpha value is -3.12. The number of aliphatic hydroxyl groups excluding tert-OH is 1. The van der Waals surface area contributed by atoms with Crippen molar-refractivity contribution >= 4 is 35.0 Å². The van der Waals surface area contributed by atoms with Crippen molar-refractivity contribution in [2.24, 2.45) is 0 Å². The highest BCUT2D eigenvalue weighted by atomic mass is 35.5. The second-order valence-electron chi connectivity index (χ2n) is 5.34. The molecule has 0 spiro atoms. The Morgan fingerprint density at radius 3 is 2.32 bits per heavy atom. The first-order valence-electron chi connectivity index (χ1n) is 7.28. The molecule has 1 amide bonds. The largest absolute Gasteiger partial charge is 0.506 e. The van der Waals surface area contributed by atoms with Gasteiger partial charge in [-0.2, -0.15) is 0 Å². The van der Waals surface area contributed by atoms with Gasteiger partial charge in [0.25, 0.3) is 5.91 Å². The van der Waals surface area contributed by atoms with Gasteiger partial charge in [-0.15, -0.1) is 0 Å². The van der Waals surface area contributed by atoms with Crippen LogP contribution in [-0.2, 0) is 9.59 Å². The highest BCUT2D eigenvalue weighted by Crippen LogP contribution is 2.39. The van der Waals surface area contributed by atoms with E-state index in [1.807, 2.05) is 0 Å². The van der Waals surface area contributed by atoms with Crippen LogP contribution < -0.4 is 5.32 Å². The third kappa shape index (κ3) is 2.88. The van der Waals surface area contributed by atoms with Crippen molar-refractivity contribution in [1.29, 1.82) is 0 Å².